The van der Waals surface area contributed by atoms with Crippen molar-refractivity contribution >= 4 is 22.5 Å². The van der Waals surface area contributed by atoms with Crippen LogP contribution in [0.4, 0.5) is 10.5 Å². The number of rotatable bonds is 5. The van der Waals surface area contributed by atoms with Crippen LogP contribution in [-0.2, 0) is 16.6 Å². The molecule has 0 saturated heterocycles. The molecule has 0 spiro atoms. The molecule has 0 fully saturated rings. The number of carbonyl (C=O) groups excluding carboxylic acids is 1. The molecule has 118 valence electrons. The third kappa shape index (κ3) is 5.87. The number of hydrogen-bond donors (Lipinski definition) is 1. The first-order chi connectivity index (χ1) is 9.74. The van der Waals surface area contributed by atoms with E-state index in [1.165, 1.54) is 0 Å². The molecule has 21 heavy (non-hydrogen) atoms. The molecule has 0 aromatic heterocycles. The maximum atomic E-state index is 12.2. The summed E-state index contributed by atoms with van der Waals surface area (Å²) in [4.78, 5) is 13.6. The Balaban J connectivity index is 2.73. The third-order valence-corrected chi connectivity index (χ3v) is 5.03. The predicted octanol–water partition coefficient (Wildman–Crippen LogP) is 3.61. The van der Waals surface area contributed by atoms with Crippen molar-refractivity contribution in [3.8, 4) is 0 Å². The van der Waals surface area contributed by atoms with Crippen LogP contribution in [-0.4, -0.2) is 33.5 Å². The number of carbonyl (C=O) groups is 1. The van der Waals surface area contributed by atoms with Gasteiger partial charge in [0, 0.05) is 40.6 Å². The van der Waals surface area contributed by atoms with Gasteiger partial charge in [0.15, 0.2) is 0 Å². The van der Waals surface area contributed by atoms with Crippen LogP contribution in [0.2, 0.25) is 0 Å². The average molecular weight is 310 g/mol. The summed E-state index contributed by atoms with van der Waals surface area (Å²) in [7, 11) is 0.831. The lowest BCUT2D eigenvalue weighted by molar-refractivity contribution is 0.222. The highest BCUT2D eigenvalue weighted by molar-refractivity contribution is 7.85. The normalized spacial score (nSPS) is 12.8. The van der Waals surface area contributed by atoms with Gasteiger partial charge in [-0.2, -0.15) is 0 Å². The van der Waals surface area contributed by atoms with E-state index in [9.17, 15) is 9.00 Å². The number of benzene rings is 1. The number of nitrogens with zero attached hydrogens (tertiary/aromatic N) is 1. The highest BCUT2D eigenvalue weighted by Crippen LogP contribution is 2.18. The van der Waals surface area contributed by atoms with Crippen LogP contribution in [0.5, 0.6) is 0 Å². The van der Waals surface area contributed by atoms with Gasteiger partial charge in [-0.25, -0.2) is 4.79 Å². The first-order valence-electron chi connectivity index (χ1n) is 7.23. The molecule has 0 aliphatic heterocycles. The van der Waals surface area contributed by atoms with Crippen molar-refractivity contribution in [1.82, 2.24) is 4.90 Å². The Morgan fingerprint density at radius 2 is 2.00 bits per heavy atom. The quantitative estimate of drug-likeness (QED) is 0.903. The van der Waals surface area contributed by atoms with E-state index >= 15 is 0 Å². The van der Waals surface area contributed by atoms with E-state index in [0.29, 0.717) is 5.75 Å². The Morgan fingerprint density at radius 3 is 2.57 bits per heavy atom. The summed E-state index contributed by atoms with van der Waals surface area (Å²) in [6.07, 6.45) is 0.925. The molecule has 0 aliphatic rings. The highest BCUT2D eigenvalue weighted by atomic mass is 32.2. The van der Waals surface area contributed by atoms with E-state index in [0.717, 1.165) is 24.2 Å². The molecule has 1 aromatic rings. The lowest BCUT2D eigenvalue weighted by atomic mass is 10.2. The van der Waals surface area contributed by atoms with Gasteiger partial charge in [0.1, 0.15) is 0 Å². The largest absolute Gasteiger partial charge is 0.328 e. The number of hydrogen-bond acceptors (Lipinski definition) is 2. The minimum absolute atomic E-state index is 0.119. The zero-order valence-electron chi connectivity index (χ0n) is 13.6. The Bertz CT molecular complexity index is 509. The van der Waals surface area contributed by atoms with Gasteiger partial charge in [0.2, 0.25) is 0 Å². The summed E-state index contributed by atoms with van der Waals surface area (Å²) in [5, 5.41) is 2.87. The van der Waals surface area contributed by atoms with Crippen LogP contribution < -0.4 is 5.32 Å². The van der Waals surface area contributed by atoms with Crippen LogP contribution in [0.3, 0.4) is 0 Å². The van der Waals surface area contributed by atoms with Crippen molar-refractivity contribution in [2.75, 3.05) is 18.9 Å². The molecule has 0 heterocycles. The van der Waals surface area contributed by atoms with E-state index in [4.69, 9.17) is 0 Å². The molecule has 0 radical (unpaired) electrons. The second-order valence-electron chi connectivity index (χ2n) is 6.15. The fourth-order valence-corrected chi connectivity index (χ4v) is 2.68. The van der Waals surface area contributed by atoms with E-state index in [-0.39, 0.29) is 10.8 Å². The van der Waals surface area contributed by atoms with E-state index in [2.05, 4.69) is 5.32 Å². The Labute approximate surface area is 130 Å². The van der Waals surface area contributed by atoms with E-state index < -0.39 is 10.8 Å². The standard InChI is InChI=1S/C16H26N2O2S/c1-6-10-18(5)15(19)17-14-9-7-8-13(11-14)12-21(20)16(2,3)4/h7-9,11H,6,10,12H2,1-5H3,(H,17,19)/t21-/m1/s1. The smallest absolute Gasteiger partial charge is 0.321 e. The summed E-state index contributed by atoms with van der Waals surface area (Å²) < 4.78 is 11.9. The molecule has 2 amide bonds. The van der Waals surface area contributed by atoms with Crippen molar-refractivity contribution in [3.05, 3.63) is 29.8 Å². The fourth-order valence-electron chi connectivity index (χ4n) is 1.76. The molecule has 0 aliphatic carbocycles. The number of anilines is 1. The van der Waals surface area contributed by atoms with Crippen molar-refractivity contribution in [3.63, 3.8) is 0 Å². The van der Waals surface area contributed by atoms with Crippen LogP contribution in [0.25, 0.3) is 0 Å². The molecule has 1 aromatic carbocycles. The van der Waals surface area contributed by atoms with Gasteiger partial charge in [-0.05, 0) is 44.9 Å². The molecular weight excluding hydrogens is 284 g/mol. The van der Waals surface area contributed by atoms with Crippen molar-refractivity contribution in [2.45, 2.75) is 44.6 Å². The van der Waals surface area contributed by atoms with E-state index in [1.54, 1.807) is 11.9 Å². The van der Waals surface area contributed by atoms with Crippen molar-refractivity contribution < 1.29 is 9.00 Å². The van der Waals surface area contributed by atoms with Crippen LogP contribution in [0, 0.1) is 0 Å². The molecule has 0 bridgehead atoms. The monoisotopic (exact) mass is 310 g/mol. The summed E-state index contributed by atoms with van der Waals surface area (Å²) in [6.45, 7) is 8.66. The summed E-state index contributed by atoms with van der Waals surface area (Å²) in [5.41, 5.74) is 1.71. The number of nitrogens with one attached hydrogen (secondary N) is 1. The molecule has 1 N–H and O–H groups in total. The zero-order valence-corrected chi connectivity index (χ0v) is 14.4. The van der Waals surface area contributed by atoms with E-state index in [1.807, 2.05) is 52.0 Å². The summed E-state index contributed by atoms with van der Waals surface area (Å²) in [6, 6.07) is 7.44. The molecule has 1 rings (SSSR count). The maximum Gasteiger partial charge on any atom is 0.321 e. The minimum Gasteiger partial charge on any atom is -0.328 e. The third-order valence-electron chi connectivity index (χ3n) is 3.06. The van der Waals surface area contributed by atoms with Gasteiger partial charge in [-0.15, -0.1) is 0 Å². The van der Waals surface area contributed by atoms with Gasteiger partial charge in [0.25, 0.3) is 0 Å². The van der Waals surface area contributed by atoms with Gasteiger partial charge in [-0.1, -0.05) is 19.1 Å². The second kappa shape index (κ2) is 7.59. The fraction of sp³-hybridized carbons (Fsp3) is 0.562. The molecular formula is C16H26N2O2S. The number of urea groups is 1. The van der Waals surface area contributed by atoms with Gasteiger partial charge in [-0.3, -0.25) is 4.21 Å². The topological polar surface area (TPSA) is 49.4 Å². The lowest BCUT2D eigenvalue weighted by Gasteiger charge is -2.19. The summed E-state index contributed by atoms with van der Waals surface area (Å²) in [5.74, 6) is 0.498. The molecule has 0 unspecified atom stereocenters. The van der Waals surface area contributed by atoms with Crippen LogP contribution >= 0.6 is 0 Å². The zero-order chi connectivity index (χ0) is 16.0. The molecule has 4 nitrogen and oxygen atoms in total. The molecule has 1 atom stereocenters. The van der Waals surface area contributed by atoms with Gasteiger partial charge < -0.3 is 10.2 Å². The minimum atomic E-state index is -0.944. The van der Waals surface area contributed by atoms with Crippen molar-refractivity contribution in [2.24, 2.45) is 0 Å². The second-order valence-corrected chi connectivity index (χ2v) is 8.36. The average Bonchev–Trinajstić information content (AvgIpc) is 2.38. The Hall–Kier alpha value is -1.36. The Kier molecular flexibility index (Phi) is 6.40. The number of amides is 2. The van der Waals surface area contributed by atoms with Crippen molar-refractivity contribution in [1.29, 1.82) is 0 Å². The first kappa shape index (κ1) is 17.7. The predicted molar refractivity (Wildman–Crippen MR) is 90.0 cm³/mol. The highest BCUT2D eigenvalue weighted by Gasteiger charge is 2.19. The van der Waals surface area contributed by atoms with Crippen LogP contribution in [0.15, 0.2) is 24.3 Å². The molecule has 0 saturated carbocycles. The van der Waals surface area contributed by atoms with Gasteiger partial charge in [0.05, 0.1) is 0 Å². The molecule has 5 heteroatoms. The Morgan fingerprint density at radius 1 is 1.33 bits per heavy atom. The van der Waals surface area contributed by atoms with Gasteiger partial charge >= 0.3 is 6.03 Å². The lowest BCUT2D eigenvalue weighted by Crippen LogP contribution is -2.31. The maximum absolute atomic E-state index is 12.2. The van der Waals surface area contributed by atoms with Crippen LogP contribution in [0.1, 0.15) is 39.7 Å². The summed E-state index contributed by atoms with van der Waals surface area (Å²) >= 11 is 0. The first-order valence-corrected chi connectivity index (χ1v) is 8.55. The SMILES string of the molecule is CCCN(C)C(=O)Nc1cccc(C[S@@](=O)C(C)(C)C)c1.